The molecular weight excluding hydrogens is 290 g/mol. The molecular formula is C14H15N3O3S. The van der Waals surface area contributed by atoms with Crippen molar-refractivity contribution < 1.29 is 14.7 Å². The number of rotatable bonds is 5. The monoisotopic (exact) mass is 305 g/mol. The number of amides is 2. The summed E-state index contributed by atoms with van der Waals surface area (Å²) in [5, 5.41) is 16.2. The summed E-state index contributed by atoms with van der Waals surface area (Å²) >= 11 is 1.20. The number of carbonyl (C=O) groups is 2. The lowest BCUT2D eigenvalue weighted by Gasteiger charge is -2.04. The predicted molar refractivity (Wildman–Crippen MR) is 80.0 cm³/mol. The number of hydrogen-bond donors (Lipinski definition) is 3. The van der Waals surface area contributed by atoms with Gasteiger partial charge in [0.25, 0.3) is 5.91 Å². The van der Waals surface area contributed by atoms with Crippen LogP contribution in [0, 0.1) is 0 Å². The number of aliphatic hydroxyl groups excluding tert-OH is 1. The zero-order chi connectivity index (χ0) is 15.2. The SMILES string of the molecule is CC(=O)Nc1nc(C(=O)NCc2ccc(CO)cc2)cs1. The molecule has 0 aliphatic rings. The third-order valence-corrected chi connectivity index (χ3v) is 3.44. The van der Waals surface area contributed by atoms with Crippen LogP contribution in [0.25, 0.3) is 0 Å². The zero-order valence-electron chi connectivity index (χ0n) is 11.4. The molecule has 2 rings (SSSR count). The Morgan fingerprint density at radius 2 is 1.90 bits per heavy atom. The maximum Gasteiger partial charge on any atom is 0.271 e. The number of aliphatic hydroxyl groups is 1. The van der Waals surface area contributed by atoms with Crippen molar-refractivity contribution in [1.82, 2.24) is 10.3 Å². The van der Waals surface area contributed by atoms with Crippen LogP contribution in [0.2, 0.25) is 0 Å². The van der Waals surface area contributed by atoms with Gasteiger partial charge in [-0.05, 0) is 11.1 Å². The second kappa shape index (κ2) is 6.96. The Bertz CT molecular complexity index is 637. The number of aromatic nitrogens is 1. The maximum atomic E-state index is 11.9. The van der Waals surface area contributed by atoms with Crippen LogP contribution >= 0.6 is 11.3 Å². The van der Waals surface area contributed by atoms with Crippen molar-refractivity contribution in [2.75, 3.05) is 5.32 Å². The molecule has 1 aromatic heterocycles. The van der Waals surface area contributed by atoms with Crippen molar-refractivity contribution in [2.24, 2.45) is 0 Å². The lowest BCUT2D eigenvalue weighted by Crippen LogP contribution is -2.23. The molecule has 1 heterocycles. The molecule has 3 N–H and O–H groups in total. The van der Waals surface area contributed by atoms with E-state index in [-0.39, 0.29) is 24.1 Å². The van der Waals surface area contributed by atoms with Gasteiger partial charge in [0.1, 0.15) is 5.69 Å². The number of nitrogens with zero attached hydrogens (tertiary/aromatic N) is 1. The van der Waals surface area contributed by atoms with Crippen molar-refractivity contribution in [3.8, 4) is 0 Å². The average molecular weight is 305 g/mol. The molecule has 0 aliphatic carbocycles. The molecule has 2 aromatic rings. The highest BCUT2D eigenvalue weighted by Gasteiger charge is 2.11. The summed E-state index contributed by atoms with van der Waals surface area (Å²) in [6, 6.07) is 7.30. The number of anilines is 1. The summed E-state index contributed by atoms with van der Waals surface area (Å²) in [7, 11) is 0. The first kappa shape index (κ1) is 15.1. The Hall–Kier alpha value is -2.25. The van der Waals surface area contributed by atoms with Gasteiger partial charge in [0.05, 0.1) is 6.61 Å². The molecule has 2 amide bonds. The Balaban J connectivity index is 1.91. The van der Waals surface area contributed by atoms with Gasteiger partial charge in [0, 0.05) is 18.8 Å². The smallest absolute Gasteiger partial charge is 0.271 e. The molecule has 21 heavy (non-hydrogen) atoms. The zero-order valence-corrected chi connectivity index (χ0v) is 12.2. The molecule has 0 saturated carbocycles. The van der Waals surface area contributed by atoms with E-state index >= 15 is 0 Å². The van der Waals surface area contributed by atoms with Gasteiger partial charge in [-0.3, -0.25) is 9.59 Å². The summed E-state index contributed by atoms with van der Waals surface area (Å²) < 4.78 is 0. The first-order chi connectivity index (χ1) is 10.1. The molecule has 7 heteroatoms. The summed E-state index contributed by atoms with van der Waals surface area (Å²) in [5.41, 5.74) is 2.03. The molecule has 0 fully saturated rings. The Morgan fingerprint density at radius 1 is 1.24 bits per heavy atom. The number of nitrogens with one attached hydrogen (secondary N) is 2. The van der Waals surface area contributed by atoms with E-state index in [2.05, 4.69) is 15.6 Å². The van der Waals surface area contributed by atoms with E-state index < -0.39 is 0 Å². The molecule has 0 bridgehead atoms. The second-order valence-electron chi connectivity index (χ2n) is 4.38. The third-order valence-electron chi connectivity index (χ3n) is 2.68. The average Bonchev–Trinajstić information content (AvgIpc) is 2.93. The van der Waals surface area contributed by atoms with Crippen molar-refractivity contribution in [2.45, 2.75) is 20.1 Å². The summed E-state index contributed by atoms with van der Waals surface area (Å²) in [6.45, 7) is 1.76. The number of carbonyl (C=O) groups excluding carboxylic acids is 2. The Labute approximate surface area is 125 Å². The van der Waals surface area contributed by atoms with E-state index in [1.165, 1.54) is 18.3 Å². The molecule has 0 aliphatic heterocycles. The van der Waals surface area contributed by atoms with Crippen molar-refractivity contribution >= 4 is 28.3 Å². The highest BCUT2D eigenvalue weighted by atomic mass is 32.1. The Morgan fingerprint density at radius 3 is 2.52 bits per heavy atom. The summed E-state index contributed by atoms with van der Waals surface area (Å²) in [6.07, 6.45) is 0. The van der Waals surface area contributed by atoms with E-state index in [1.807, 2.05) is 12.1 Å². The highest BCUT2D eigenvalue weighted by Crippen LogP contribution is 2.15. The van der Waals surface area contributed by atoms with Crippen LogP contribution in [-0.4, -0.2) is 21.9 Å². The fourth-order valence-corrected chi connectivity index (χ4v) is 2.36. The van der Waals surface area contributed by atoms with E-state index in [0.717, 1.165) is 11.1 Å². The van der Waals surface area contributed by atoms with Gasteiger partial charge in [-0.15, -0.1) is 11.3 Å². The summed E-state index contributed by atoms with van der Waals surface area (Å²) in [5.74, 6) is -0.519. The molecule has 0 atom stereocenters. The minimum absolute atomic E-state index is 0.00259. The van der Waals surface area contributed by atoms with Gasteiger partial charge < -0.3 is 15.7 Å². The topological polar surface area (TPSA) is 91.3 Å². The van der Waals surface area contributed by atoms with E-state index in [1.54, 1.807) is 17.5 Å². The molecule has 0 saturated heterocycles. The van der Waals surface area contributed by atoms with Crippen LogP contribution in [-0.2, 0) is 17.9 Å². The van der Waals surface area contributed by atoms with Gasteiger partial charge >= 0.3 is 0 Å². The molecule has 110 valence electrons. The largest absolute Gasteiger partial charge is 0.392 e. The quantitative estimate of drug-likeness (QED) is 0.781. The predicted octanol–water partition coefficient (Wildman–Crippen LogP) is 1.52. The normalized spacial score (nSPS) is 10.2. The standard InChI is InChI=1S/C14H15N3O3S/c1-9(19)16-14-17-12(8-21-14)13(20)15-6-10-2-4-11(7-18)5-3-10/h2-5,8,18H,6-7H2,1H3,(H,15,20)(H,16,17,19). The first-order valence-electron chi connectivity index (χ1n) is 6.28. The van der Waals surface area contributed by atoms with Gasteiger partial charge in [-0.2, -0.15) is 0 Å². The van der Waals surface area contributed by atoms with Crippen LogP contribution in [0.4, 0.5) is 5.13 Å². The highest BCUT2D eigenvalue weighted by molar-refractivity contribution is 7.14. The number of thiazole rings is 1. The van der Waals surface area contributed by atoms with Crippen LogP contribution in [0.15, 0.2) is 29.6 Å². The van der Waals surface area contributed by atoms with E-state index in [9.17, 15) is 9.59 Å². The minimum Gasteiger partial charge on any atom is -0.392 e. The van der Waals surface area contributed by atoms with Gasteiger partial charge in [0.2, 0.25) is 5.91 Å². The lowest BCUT2D eigenvalue weighted by atomic mass is 10.1. The van der Waals surface area contributed by atoms with Crippen molar-refractivity contribution in [3.05, 3.63) is 46.5 Å². The number of benzene rings is 1. The lowest BCUT2D eigenvalue weighted by molar-refractivity contribution is -0.114. The van der Waals surface area contributed by atoms with Crippen LogP contribution in [0.5, 0.6) is 0 Å². The van der Waals surface area contributed by atoms with Gasteiger partial charge in [-0.1, -0.05) is 24.3 Å². The molecule has 1 aromatic carbocycles. The Kier molecular flexibility index (Phi) is 5.02. The molecule has 0 unspecified atom stereocenters. The fourth-order valence-electron chi connectivity index (χ4n) is 1.62. The maximum absolute atomic E-state index is 11.9. The van der Waals surface area contributed by atoms with Crippen LogP contribution in [0.3, 0.4) is 0 Å². The van der Waals surface area contributed by atoms with E-state index in [4.69, 9.17) is 5.11 Å². The molecule has 6 nitrogen and oxygen atoms in total. The van der Waals surface area contributed by atoms with E-state index in [0.29, 0.717) is 11.7 Å². The van der Waals surface area contributed by atoms with Crippen molar-refractivity contribution in [1.29, 1.82) is 0 Å². The summed E-state index contributed by atoms with van der Waals surface area (Å²) in [4.78, 5) is 26.8. The fraction of sp³-hybridized carbons (Fsp3) is 0.214. The minimum atomic E-state index is -0.297. The van der Waals surface area contributed by atoms with Gasteiger partial charge in [0.15, 0.2) is 5.13 Å². The van der Waals surface area contributed by atoms with Gasteiger partial charge in [-0.25, -0.2) is 4.98 Å². The second-order valence-corrected chi connectivity index (χ2v) is 5.23. The third kappa shape index (κ3) is 4.37. The van der Waals surface area contributed by atoms with Crippen LogP contribution in [0.1, 0.15) is 28.5 Å². The molecule has 0 spiro atoms. The first-order valence-corrected chi connectivity index (χ1v) is 7.16. The molecule has 0 radical (unpaired) electrons. The van der Waals surface area contributed by atoms with Crippen molar-refractivity contribution in [3.63, 3.8) is 0 Å². The number of hydrogen-bond acceptors (Lipinski definition) is 5. The van der Waals surface area contributed by atoms with Crippen LogP contribution < -0.4 is 10.6 Å².